The first-order chi connectivity index (χ1) is 15.4. The SMILES string of the molecule is O=C(NO)C1(O)CCCCN1S(=O)(=O)c1ccc(OCc2cc(F)ccc2C(F)(F)F)cn1. The molecule has 1 amide bonds. The molecule has 1 aliphatic rings. The maximum absolute atomic E-state index is 13.4. The van der Waals surface area contributed by atoms with E-state index < -0.39 is 56.4 Å². The number of pyridine rings is 1. The van der Waals surface area contributed by atoms with E-state index in [1.54, 1.807) is 0 Å². The fraction of sp³-hybridized carbons (Fsp3) is 0.368. The number of ether oxygens (including phenoxy) is 1. The summed E-state index contributed by atoms with van der Waals surface area (Å²) in [7, 11) is -4.49. The molecule has 0 saturated carbocycles. The second-order valence-corrected chi connectivity index (χ2v) is 9.02. The number of benzene rings is 1. The third-order valence-electron chi connectivity index (χ3n) is 5.05. The lowest BCUT2D eigenvalue weighted by molar-refractivity contribution is -0.167. The Hall–Kier alpha value is -2.81. The van der Waals surface area contributed by atoms with Gasteiger partial charge < -0.3 is 9.84 Å². The van der Waals surface area contributed by atoms with Crippen LogP contribution < -0.4 is 10.2 Å². The van der Waals surface area contributed by atoms with Crippen LogP contribution in [0.4, 0.5) is 17.6 Å². The van der Waals surface area contributed by atoms with Crippen molar-refractivity contribution < 1.29 is 45.8 Å². The fourth-order valence-electron chi connectivity index (χ4n) is 3.41. The highest BCUT2D eigenvalue weighted by Crippen LogP contribution is 2.34. The van der Waals surface area contributed by atoms with Crippen LogP contribution in [0.25, 0.3) is 0 Å². The second-order valence-electron chi connectivity index (χ2n) is 7.21. The van der Waals surface area contributed by atoms with E-state index in [0.29, 0.717) is 35.3 Å². The van der Waals surface area contributed by atoms with Gasteiger partial charge in [-0.1, -0.05) is 0 Å². The van der Waals surface area contributed by atoms with Crippen molar-refractivity contribution in [3.05, 3.63) is 53.5 Å². The van der Waals surface area contributed by atoms with E-state index in [-0.39, 0.29) is 18.7 Å². The molecular weight excluding hydrogens is 474 g/mol. The molecule has 180 valence electrons. The molecule has 0 radical (unpaired) electrons. The first-order valence-corrected chi connectivity index (χ1v) is 11.0. The number of sulfonamides is 1. The van der Waals surface area contributed by atoms with Gasteiger partial charge in [0.1, 0.15) is 18.2 Å². The summed E-state index contributed by atoms with van der Waals surface area (Å²) in [6.45, 7) is -0.880. The Bertz CT molecular complexity index is 1130. The zero-order valence-electron chi connectivity index (χ0n) is 16.8. The molecule has 3 N–H and O–H groups in total. The molecule has 1 aliphatic heterocycles. The number of piperidine rings is 1. The highest BCUT2D eigenvalue weighted by molar-refractivity contribution is 7.89. The average Bonchev–Trinajstić information content (AvgIpc) is 2.76. The Morgan fingerprint density at radius 1 is 1.24 bits per heavy atom. The van der Waals surface area contributed by atoms with Gasteiger partial charge in [0.25, 0.3) is 15.9 Å². The van der Waals surface area contributed by atoms with Crippen LogP contribution >= 0.6 is 0 Å². The normalized spacial score (nSPS) is 19.8. The number of hydrogen-bond donors (Lipinski definition) is 3. The number of carbonyl (C=O) groups is 1. The van der Waals surface area contributed by atoms with E-state index >= 15 is 0 Å². The summed E-state index contributed by atoms with van der Waals surface area (Å²) in [5.74, 6) is -2.31. The second kappa shape index (κ2) is 9.21. The van der Waals surface area contributed by atoms with Gasteiger partial charge in [-0.05, 0) is 43.2 Å². The summed E-state index contributed by atoms with van der Waals surface area (Å²) in [6.07, 6.45) is -3.38. The smallest absolute Gasteiger partial charge is 0.416 e. The monoisotopic (exact) mass is 493 g/mol. The Labute approximate surface area is 185 Å². The predicted molar refractivity (Wildman–Crippen MR) is 103 cm³/mol. The molecular formula is C19H19F4N3O6S. The number of halogens is 4. The van der Waals surface area contributed by atoms with Crippen molar-refractivity contribution in [2.45, 2.75) is 42.8 Å². The summed E-state index contributed by atoms with van der Waals surface area (Å²) in [5, 5.41) is 18.9. The van der Waals surface area contributed by atoms with Crippen molar-refractivity contribution in [3.8, 4) is 5.75 Å². The van der Waals surface area contributed by atoms with Gasteiger partial charge >= 0.3 is 6.18 Å². The number of amides is 1. The van der Waals surface area contributed by atoms with E-state index in [1.165, 1.54) is 5.48 Å². The summed E-state index contributed by atoms with van der Waals surface area (Å²) in [5.41, 5.74) is -2.82. The summed E-state index contributed by atoms with van der Waals surface area (Å²) >= 11 is 0. The number of hydrogen-bond acceptors (Lipinski definition) is 7. The third-order valence-corrected chi connectivity index (χ3v) is 6.88. The molecule has 14 heteroatoms. The van der Waals surface area contributed by atoms with Crippen LogP contribution in [0.1, 0.15) is 30.4 Å². The van der Waals surface area contributed by atoms with Crippen LogP contribution in [-0.2, 0) is 27.6 Å². The van der Waals surface area contributed by atoms with E-state index in [4.69, 9.17) is 9.94 Å². The van der Waals surface area contributed by atoms with Gasteiger partial charge in [-0.15, -0.1) is 0 Å². The maximum atomic E-state index is 13.4. The minimum atomic E-state index is -4.73. The molecule has 1 fully saturated rings. The lowest BCUT2D eigenvalue weighted by atomic mass is 10.0. The lowest BCUT2D eigenvalue weighted by Gasteiger charge is -2.39. The average molecular weight is 493 g/mol. The van der Waals surface area contributed by atoms with Crippen LogP contribution in [0.2, 0.25) is 0 Å². The molecule has 1 saturated heterocycles. The molecule has 2 heterocycles. The van der Waals surface area contributed by atoms with E-state index in [1.807, 2.05) is 0 Å². The van der Waals surface area contributed by atoms with Gasteiger partial charge in [-0.25, -0.2) is 23.3 Å². The topological polar surface area (TPSA) is 129 Å². The van der Waals surface area contributed by atoms with Crippen molar-refractivity contribution in [1.82, 2.24) is 14.8 Å². The van der Waals surface area contributed by atoms with E-state index in [0.717, 1.165) is 18.3 Å². The number of rotatable bonds is 6. The third kappa shape index (κ3) is 5.08. The Balaban J connectivity index is 1.81. The molecule has 2 aromatic rings. The maximum Gasteiger partial charge on any atom is 0.416 e. The zero-order valence-corrected chi connectivity index (χ0v) is 17.7. The number of carbonyl (C=O) groups excluding carboxylic acids is 1. The Kier molecular flexibility index (Phi) is 6.93. The van der Waals surface area contributed by atoms with Crippen molar-refractivity contribution in [2.75, 3.05) is 6.54 Å². The van der Waals surface area contributed by atoms with Crippen LogP contribution in [0.15, 0.2) is 41.6 Å². The quantitative estimate of drug-likeness (QED) is 0.320. The number of aromatic nitrogens is 1. The number of nitrogens with one attached hydrogen (secondary N) is 1. The van der Waals surface area contributed by atoms with Crippen molar-refractivity contribution in [1.29, 1.82) is 0 Å². The largest absolute Gasteiger partial charge is 0.487 e. The van der Waals surface area contributed by atoms with Gasteiger partial charge in [0.05, 0.1) is 11.8 Å². The molecule has 0 spiro atoms. The van der Waals surface area contributed by atoms with Gasteiger partial charge in [-0.3, -0.25) is 10.0 Å². The molecule has 1 atom stereocenters. The first kappa shape index (κ1) is 24.8. The number of alkyl halides is 3. The molecule has 1 aromatic carbocycles. The summed E-state index contributed by atoms with van der Waals surface area (Å²) in [4.78, 5) is 15.6. The van der Waals surface area contributed by atoms with E-state index in [9.17, 15) is 35.9 Å². The molecule has 1 unspecified atom stereocenters. The van der Waals surface area contributed by atoms with Crippen molar-refractivity contribution in [2.24, 2.45) is 0 Å². The Morgan fingerprint density at radius 2 is 1.97 bits per heavy atom. The summed E-state index contributed by atoms with van der Waals surface area (Å²) in [6, 6.07) is 4.03. The van der Waals surface area contributed by atoms with Crippen LogP contribution in [0.3, 0.4) is 0 Å². The Morgan fingerprint density at radius 3 is 2.58 bits per heavy atom. The van der Waals surface area contributed by atoms with Crippen LogP contribution in [0.5, 0.6) is 5.75 Å². The number of hydroxylamine groups is 1. The fourth-order valence-corrected chi connectivity index (χ4v) is 5.00. The minimum absolute atomic E-state index is 0.103. The predicted octanol–water partition coefficient (Wildman–Crippen LogP) is 2.19. The molecule has 0 aliphatic carbocycles. The van der Waals surface area contributed by atoms with Gasteiger partial charge in [0.15, 0.2) is 5.03 Å². The first-order valence-electron chi connectivity index (χ1n) is 9.54. The standard InChI is InChI=1S/C19H19F4N3O6S/c20-13-3-5-15(19(21,22)23)12(9-13)11-32-14-4-6-16(24-10-14)33(30,31)26-8-2-1-7-18(26,28)17(27)25-29/h3-6,9-10,28-29H,1-2,7-8,11H2,(H,25,27). The van der Waals surface area contributed by atoms with Crippen LogP contribution in [0, 0.1) is 5.82 Å². The molecule has 9 nitrogen and oxygen atoms in total. The summed E-state index contributed by atoms with van der Waals surface area (Å²) < 4.78 is 84.3. The van der Waals surface area contributed by atoms with E-state index in [2.05, 4.69) is 4.98 Å². The minimum Gasteiger partial charge on any atom is -0.487 e. The zero-order chi connectivity index (χ0) is 24.4. The van der Waals surface area contributed by atoms with Gasteiger partial charge in [0, 0.05) is 18.5 Å². The molecule has 33 heavy (non-hydrogen) atoms. The van der Waals surface area contributed by atoms with Crippen molar-refractivity contribution >= 4 is 15.9 Å². The van der Waals surface area contributed by atoms with Crippen LogP contribution in [-0.4, -0.2) is 46.2 Å². The lowest BCUT2D eigenvalue weighted by Crippen LogP contribution is -2.62. The molecule has 1 aromatic heterocycles. The molecule has 3 rings (SSSR count). The molecule has 0 bridgehead atoms. The van der Waals surface area contributed by atoms with Gasteiger partial charge in [0.2, 0.25) is 5.72 Å². The number of aliphatic hydroxyl groups is 1. The highest BCUT2D eigenvalue weighted by atomic mass is 32.2. The highest BCUT2D eigenvalue weighted by Gasteiger charge is 2.50. The number of nitrogens with zero attached hydrogens (tertiary/aromatic N) is 2. The van der Waals surface area contributed by atoms with Crippen molar-refractivity contribution in [3.63, 3.8) is 0 Å². The van der Waals surface area contributed by atoms with Gasteiger partial charge in [-0.2, -0.15) is 17.5 Å².